The van der Waals surface area contributed by atoms with Gasteiger partial charge in [0.25, 0.3) is 0 Å². The quantitative estimate of drug-likeness (QED) is 0.834. The molecule has 0 spiro atoms. The van der Waals surface area contributed by atoms with Crippen LogP contribution in [0.15, 0.2) is 18.2 Å². The topological polar surface area (TPSA) is 33.7 Å². The second-order valence-electron chi connectivity index (χ2n) is 6.21. The summed E-state index contributed by atoms with van der Waals surface area (Å²) in [5.41, 5.74) is 1.21. The second-order valence-corrected chi connectivity index (χ2v) is 6.59. The van der Waals surface area contributed by atoms with Gasteiger partial charge in [0.2, 0.25) is 0 Å². The molecule has 1 fully saturated rings. The fraction of sp³-hybridized carbons (Fsp3) is 0.611. The normalized spacial score (nSPS) is 21.0. The van der Waals surface area contributed by atoms with Crippen LogP contribution in [-0.4, -0.2) is 42.9 Å². The van der Waals surface area contributed by atoms with E-state index < -0.39 is 0 Å². The number of nitrogens with one attached hydrogen (secondary N) is 1. The maximum absolute atomic E-state index is 5.60. The molecule has 128 valence electrons. The Morgan fingerprint density at radius 3 is 2.43 bits per heavy atom. The van der Waals surface area contributed by atoms with Crippen molar-refractivity contribution in [2.24, 2.45) is 0 Å². The highest BCUT2D eigenvalue weighted by Crippen LogP contribution is 2.27. The minimum atomic E-state index is 0.528. The summed E-state index contributed by atoms with van der Waals surface area (Å²) in [6.45, 7) is 5.35. The van der Waals surface area contributed by atoms with E-state index in [-0.39, 0.29) is 0 Å². The molecule has 1 aromatic carbocycles. The maximum atomic E-state index is 5.60. The van der Waals surface area contributed by atoms with Gasteiger partial charge in [-0.05, 0) is 69.4 Å². The molecule has 23 heavy (non-hydrogen) atoms. The molecule has 0 radical (unpaired) electrons. The molecular weight excluding hydrogens is 308 g/mol. The third-order valence-corrected chi connectivity index (χ3v) is 4.92. The van der Waals surface area contributed by atoms with Crippen molar-refractivity contribution in [1.82, 2.24) is 10.2 Å². The molecule has 0 aliphatic carbocycles. The lowest BCUT2D eigenvalue weighted by molar-refractivity contribution is 0.189. The Morgan fingerprint density at radius 1 is 1.17 bits per heavy atom. The number of piperidine rings is 1. The summed E-state index contributed by atoms with van der Waals surface area (Å²) in [5, 5.41) is 4.29. The summed E-state index contributed by atoms with van der Waals surface area (Å²) in [5.74, 6) is 1.53. The fourth-order valence-electron chi connectivity index (χ4n) is 3.26. The Morgan fingerprint density at radius 2 is 1.83 bits per heavy atom. The molecule has 1 aliphatic rings. The zero-order valence-corrected chi connectivity index (χ0v) is 15.4. The molecule has 0 amide bonds. The monoisotopic (exact) mass is 336 g/mol. The largest absolute Gasteiger partial charge is 0.493 e. The molecule has 5 heteroatoms. The van der Waals surface area contributed by atoms with Gasteiger partial charge in [0.15, 0.2) is 16.6 Å². The highest BCUT2D eigenvalue weighted by Gasteiger charge is 2.26. The minimum Gasteiger partial charge on any atom is -0.493 e. The molecule has 1 saturated heterocycles. The molecule has 1 aliphatic heterocycles. The molecule has 0 bridgehead atoms. The van der Waals surface area contributed by atoms with E-state index in [2.05, 4.69) is 30.1 Å². The molecule has 0 aromatic heterocycles. The van der Waals surface area contributed by atoms with E-state index >= 15 is 0 Å². The lowest BCUT2D eigenvalue weighted by atomic mass is 9.98. The summed E-state index contributed by atoms with van der Waals surface area (Å²) in [6.07, 6.45) is 4.65. The molecule has 4 nitrogen and oxygen atoms in total. The maximum Gasteiger partial charge on any atom is 0.169 e. The van der Waals surface area contributed by atoms with E-state index in [0.717, 1.165) is 29.6 Å². The molecule has 2 unspecified atom stereocenters. The van der Waals surface area contributed by atoms with Crippen LogP contribution < -0.4 is 14.8 Å². The van der Waals surface area contributed by atoms with Gasteiger partial charge >= 0.3 is 0 Å². The van der Waals surface area contributed by atoms with Crippen LogP contribution in [0.5, 0.6) is 11.5 Å². The molecular formula is C18H28N2O2S. The first-order chi connectivity index (χ1) is 11.1. The summed E-state index contributed by atoms with van der Waals surface area (Å²) in [4.78, 5) is 2.35. The van der Waals surface area contributed by atoms with Crippen molar-refractivity contribution < 1.29 is 9.47 Å². The van der Waals surface area contributed by atoms with Gasteiger partial charge < -0.3 is 19.7 Å². The number of methoxy groups -OCH3 is 2. The third kappa shape index (κ3) is 4.50. The average Bonchev–Trinajstić information content (AvgIpc) is 2.54. The molecule has 1 aromatic rings. The van der Waals surface area contributed by atoms with Gasteiger partial charge in [0.05, 0.1) is 14.2 Å². The van der Waals surface area contributed by atoms with E-state index in [4.69, 9.17) is 21.7 Å². The zero-order valence-electron chi connectivity index (χ0n) is 14.6. The summed E-state index contributed by atoms with van der Waals surface area (Å²) in [6, 6.07) is 7.09. The lowest BCUT2D eigenvalue weighted by Gasteiger charge is -2.41. The molecule has 2 rings (SSSR count). The predicted molar refractivity (Wildman–Crippen MR) is 98.5 cm³/mol. The van der Waals surface area contributed by atoms with Crippen molar-refractivity contribution >= 4 is 17.3 Å². The van der Waals surface area contributed by atoms with Crippen LogP contribution in [0.2, 0.25) is 0 Å². The van der Waals surface area contributed by atoms with Gasteiger partial charge in [-0.3, -0.25) is 0 Å². The Hall–Kier alpha value is -1.49. The first-order valence-corrected chi connectivity index (χ1v) is 8.74. The van der Waals surface area contributed by atoms with E-state index in [0.29, 0.717) is 12.1 Å². The van der Waals surface area contributed by atoms with Crippen LogP contribution in [0, 0.1) is 0 Å². The van der Waals surface area contributed by atoms with Crippen LogP contribution in [0.4, 0.5) is 0 Å². The van der Waals surface area contributed by atoms with Crippen LogP contribution in [0.1, 0.15) is 38.7 Å². The van der Waals surface area contributed by atoms with E-state index in [9.17, 15) is 0 Å². The smallest absolute Gasteiger partial charge is 0.169 e. The number of likely N-dealkylation sites (tertiary alicyclic amines) is 1. The SMILES string of the molecule is COc1ccc(CCNC(=S)N2C(C)CCCC2C)cc1OC. The number of hydrogen-bond acceptors (Lipinski definition) is 3. The average molecular weight is 337 g/mol. The summed E-state index contributed by atoms with van der Waals surface area (Å²) in [7, 11) is 3.31. The van der Waals surface area contributed by atoms with Crippen LogP contribution in [0.25, 0.3) is 0 Å². The minimum absolute atomic E-state index is 0.528. The molecule has 1 heterocycles. The Balaban J connectivity index is 1.88. The lowest BCUT2D eigenvalue weighted by Crippen LogP contribution is -2.51. The zero-order chi connectivity index (χ0) is 16.8. The van der Waals surface area contributed by atoms with Gasteiger partial charge in [-0.25, -0.2) is 0 Å². The highest BCUT2D eigenvalue weighted by molar-refractivity contribution is 7.80. The Labute approximate surface area is 145 Å². The molecule has 2 atom stereocenters. The Kier molecular flexibility index (Phi) is 6.51. The first kappa shape index (κ1) is 17.9. The van der Waals surface area contributed by atoms with Gasteiger partial charge in [0, 0.05) is 18.6 Å². The number of ether oxygens (including phenoxy) is 2. The number of hydrogen-bond donors (Lipinski definition) is 1. The van der Waals surface area contributed by atoms with Gasteiger partial charge in [-0.1, -0.05) is 6.07 Å². The van der Waals surface area contributed by atoms with Crippen molar-refractivity contribution in [3.8, 4) is 11.5 Å². The fourth-order valence-corrected chi connectivity index (χ4v) is 3.72. The second kappa shape index (κ2) is 8.39. The van der Waals surface area contributed by atoms with Crippen molar-refractivity contribution in [3.05, 3.63) is 23.8 Å². The van der Waals surface area contributed by atoms with Crippen molar-refractivity contribution in [2.45, 2.75) is 51.6 Å². The number of thiocarbonyl (C=S) groups is 1. The highest BCUT2D eigenvalue weighted by atomic mass is 32.1. The van der Waals surface area contributed by atoms with Crippen molar-refractivity contribution in [2.75, 3.05) is 20.8 Å². The predicted octanol–water partition coefficient (Wildman–Crippen LogP) is 3.38. The van der Waals surface area contributed by atoms with E-state index in [1.54, 1.807) is 14.2 Å². The van der Waals surface area contributed by atoms with E-state index in [1.807, 2.05) is 12.1 Å². The van der Waals surface area contributed by atoms with Gasteiger partial charge in [-0.2, -0.15) is 0 Å². The van der Waals surface area contributed by atoms with Gasteiger partial charge in [0.1, 0.15) is 0 Å². The number of rotatable bonds is 5. The van der Waals surface area contributed by atoms with Crippen LogP contribution >= 0.6 is 12.2 Å². The van der Waals surface area contributed by atoms with Crippen LogP contribution in [0.3, 0.4) is 0 Å². The van der Waals surface area contributed by atoms with Crippen molar-refractivity contribution in [1.29, 1.82) is 0 Å². The van der Waals surface area contributed by atoms with E-state index in [1.165, 1.54) is 24.8 Å². The standard InChI is InChI=1S/C18H28N2O2S/c1-13-6-5-7-14(2)20(13)18(23)19-11-10-15-8-9-16(21-3)17(12-15)22-4/h8-9,12-14H,5-7,10-11H2,1-4H3,(H,19,23). The molecule has 1 N–H and O–H groups in total. The van der Waals surface area contributed by atoms with Crippen LogP contribution in [-0.2, 0) is 6.42 Å². The first-order valence-electron chi connectivity index (χ1n) is 8.34. The Bertz CT molecular complexity index is 526. The third-order valence-electron chi connectivity index (χ3n) is 4.57. The summed E-state index contributed by atoms with van der Waals surface area (Å²) < 4.78 is 10.6. The van der Waals surface area contributed by atoms with Gasteiger partial charge in [-0.15, -0.1) is 0 Å². The number of benzene rings is 1. The molecule has 0 saturated carbocycles. The summed E-state index contributed by atoms with van der Waals surface area (Å²) >= 11 is 5.60. The van der Waals surface area contributed by atoms with Crippen molar-refractivity contribution in [3.63, 3.8) is 0 Å². The number of nitrogens with zero attached hydrogens (tertiary/aromatic N) is 1.